The van der Waals surface area contributed by atoms with E-state index in [0.717, 1.165) is 48.8 Å². The number of allylic oxidation sites excluding steroid dienone is 5. The SMILES string of the molecule is ClC1C=CC=CC1=CCN=C1Nc2ccccc2NC12CCOCC2. The van der Waals surface area contributed by atoms with Crippen molar-refractivity contribution in [2.75, 3.05) is 30.4 Å². The number of anilines is 2. The number of hydrogen-bond acceptors (Lipinski definition) is 3. The lowest BCUT2D eigenvalue weighted by Gasteiger charge is -2.43. The number of rotatable bonds is 2. The Morgan fingerprint density at radius 1 is 1.20 bits per heavy atom. The van der Waals surface area contributed by atoms with Gasteiger partial charge in [0, 0.05) is 26.1 Å². The van der Waals surface area contributed by atoms with Crippen LogP contribution in [0.2, 0.25) is 0 Å². The lowest BCUT2D eigenvalue weighted by atomic mass is 9.86. The molecule has 0 amide bonds. The fourth-order valence-corrected chi connectivity index (χ4v) is 3.74. The van der Waals surface area contributed by atoms with E-state index in [1.165, 1.54) is 0 Å². The lowest BCUT2D eigenvalue weighted by Crippen LogP contribution is -2.55. The Hall–Kier alpha value is -2.04. The van der Waals surface area contributed by atoms with Gasteiger partial charge in [-0.1, -0.05) is 42.5 Å². The van der Waals surface area contributed by atoms with Gasteiger partial charge in [-0.15, -0.1) is 11.6 Å². The van der Waals surface area contributed by atoms with E-state index in [4.69, 9.17) is 21.3 Å². The van der Waals surface area contributed by atoms with Crippen LogP contribution in [0, 0.1) is 0 Å². The Balaban J connectivity index is 1.60. The second kappa shape index (κ2) is 7.06. The fraction of sp³-hybridized carbons (Fsp3) is 0.350. The zero-order valence-corrected chi connectivity index (χ0v) is 14.8. The summed E-state index contributed by atoms with van der Waals surface area (Å²) in [7, 11) is 0. The third-order valence-electron chi connectivity index (χ3n) is 4.93. The minimum atomic E-state index is -0.173. The highest BCUT2D eigenvalue weighted by Crippen LogP contribution is 2.36. The van der Waals surface area contributed by atoms with Gasteiger partial charge < -0.3 is 15.4 Å². The quantitative estimate of drug-likeness (QED) is 0.784. The highest BCUT2D eigenvalue weighted by molar-refractivity contribution is 6.24. The number of amidine groups is 1. The van der Waals surface area contributed by atoms with Gasteiger partial charge in [-0.05, 0) is 17.7 Å². The molecule has 3 aliphatic rings. The molecule has 1 atom stereocenters. The zero-order valence-electron chi connectivity index (χ0n) is 14.0. The smallest absolute Gasteiger partial charge is 0.127 e. The van der Waals surface area contributed by atoms with Crippen molar-refractivity contribution >= 4 is 28.8 Å². The van der Waals surface area contributed by atoms with Crippen molar-refractivity contribution in [1.29, 1.82) is 0 Å². The predicted molar refractivity (Wildman–Crippen MR) is 105 cm³/mol. The van der Waals surface area contributed by atoms with Crippen LogP contribution in [0.5, 0.6) is 0 Å². The van der Waals surface area contributed by atoms with Crippen LogP contribution in [-0.2, 0) is 4.74 Å². The first-order valence-corrected chi connectivity index (χ1v) is 9.16. The molecule has 0 saturated carbocycles. The minimum absolute atomic E-state index is 0.0691. The predicted octanol–water partition coefficient (Wildman–Crippen LogP) is 4.13. The van der Waals surface area contributed by atoms with Gasteiger partial charge >= 0.3 is 0 Å². The summed E-state index contributed by atoms with van der Waals surface area (Å²) in [6, 6.07) is 8.27. The van der Waals surface area contributed by atoms with Gasteiger partial charge in [0.05, 0.1) is 28.8 Å². The number of hydrogen-bond donors (Lipinski definition) is 2. The molecule has 4 nitrogen and oxygen atoms in total. The first kappa shape index (κ1) is 16.4. The molecule has 1 aromatic carbocycles. The third kappa shape index (κ3) is 3.37. The molecular weight excluding hydrogens is 334 g/mol. The van der Waals surface area contributed by atoms with Crippen LogP contribution in [-0.4, -0.2) is 36.5 Å². The summed E-state index contributed by atoms with van der Waals surface area (Å²) in [4.78, 5) is 4.88. The van der Waals surface area contributed by atoms with Crippen LogP contribution in [0.15, 0.2) is 65.2 Å². The van der Waals surface area contributed by atoms with Gasteiger partial charge in [-0.2, -0.15) is 0 Å². The Kier molecular flexibility index (Phi) is 4.64. The normalized spacial score (nSPS) is 27.2. The topological polar surface area (TPSA) is 45.7 Å². The van der Waals surface area contributed by atoms with Gasteiger partial charge in [-0.3, -0.25) is 4.99 Å². The molecule has 130 valence electrons. The monoisotopic (exact) mass is 355 g/mol. The molecule has 1 spiro atoms. The average Bonchev–Trinajstić information content (AvgIpc) is 2.64. The van der Waals surface area contributed by atoms with E-state index < -0.39 is 0 Å². The van der Waals surface area contributed by atoms with E-state index in [-0.39, 0.29) is 10.9 Å². The fourth-order valence-electron chi connectivity index (χ4n) is 3.49. The molecule has 1 fully saturated rings. The molecule has 1 aliphatic carbocycles. The molecule has 1 aromatic rings. The Morgan fingerprint density at radius 2 is 2.00 bits per heavy atom. The van der Waals surface area contributed by atoms with E-state index in [0.29, 0.717) is 6.54 Å². The van der Waals surface area contributed by atoms with Crippen LogP contribution >= 0.6 is 11.6 Å². The zero-order chi connectivity index (χ0) is 17.1. The number of para-hydroxylation sites is 2. The molecule has 4 rings (SSSR count). The van der Waals surface area contributed by atoms with Gasteiger partial charge in [0.15, 0.2) is 0 Å². The molecule has 2 heterocycles. The Labute approximate surface area is 153 Å². The van der Waals surface area contributed by atoms with E-state index in [9.17, 15) is 0 Å². The van der Waals surface area contributed by atoms with Crippen molar-refractivity contribution < 1.29 is 4.74 Å². The minimum Gasteiger partial charge on any atom is -0.381 e. The average molecular weight is 356 g/mol. The first-order valence-electron chi connectivity index (χ1n) is 8.73. The number of nitrogens with one attached hydrogen (secondary N) is 2. The van der Waals surface area contributed by atoms with Crippen molar-refractivity contribution in [3.63, 3.8) is 0 Å². The number of alkyl halides is 1. The van der Waals surface area contributed by atoms with Crippen molar-refractivity contribution in [3.8, 4) is 0 Å². The summed E-state index contributed by atoms with van der Waals surface area (Å²) in [5.41, 5.74) is 3.12. The number of ether oxygens (including phenoxy) is 1. The summed E-state index contributed by atoms with van der Waals surface area (Å²) in [6.07, 6.45) is 11.9. The first-order chi connectivity index (χ1) is 12.3. The molecule has 2 N–H and O–H groups in total. The lowest BCUT2D eigenvalue weighted by molar-refractivity contribution is 0.0779. The second-order valence-corrected chi connectivity index (χ2v) is 7.00. The van der Waals surface area contributed by atoms with Gasteiger partial charge in [-0.25, -0.2) is 0 Å². The van der Waals surface area contributed by atoms with Crippen LogP contribution in [0.3, 0.4) is 0 Å². The summed E-state index contributed by atoms with van der Waals surface area (Å²) in [5, 5.41) is 7.19. The maximum Gasteiger partial charge on any atom is 0.127 e. The number of fused-ring (bicyclic) bond motifs is 1. The van der Waals surface area contributed by atoms with E-state index in [2.05, 4.69) is 34.9 Å². The van der Waals surface area contributed by atoms with Gasteiger partial charge in [0.2, 0.25) is 0 Å². The number of aliphatic imine (C=N–C) groups is 1. The second-order valence-electron chi connectivity index (χ2n) is 6.53. The Morgan fingerprint density at radius 3 is 2.80 bits per heavy atom. The van der Waals surface area contributed by atoms with Crippen molar-refractivity contribution in [2.24, 2.45) is 4.99 Å². The number of nitrogens with zero attached hydrogens (tertiary/aromatic N) is 1. The molecule has 1 saturated heterocycles. The maximum absolute atomic E-state index is 6.31. The molecule has 25 heavy (non-hydrogen) atoms. The summed E-state index contributed by atoms with van der Waals surface area (Å²) < 4.78 is 5.58. The number of benzene rings is 1. The van der Waals surface area contributed by atoms with Crippen LogP contribution < -0.4 is 10.6 Å². The largest absolute Gasteiger partial charge is 0.381 e. The highest BCUT2D eigenvalue weighted by Gasteiger charge is 2.41. The van der Waals surface area contributed by atoms with Gasteiger partial charge in [0.1, 0.15) is 5.84 Å². The standard InChI is InChI=1S/C20H22ClN3O/c21-16-6-2-1-5-15(16)9-12-22-19-20(10-13-25-14-11-20)24-18-8-4-3-7-17(18)23-19/h1-9,16,24H,10-14H2,(H,22,23). The van der Waals surface area contributed by atoms with Crippen LogP contribution in [0.1, 0.15) is 12.8 Å². The van der Waals surface area contributed by atoms with E-state index in [1.54, 1.807) is 0 Å². The van der Waals surface area contributed by atoms with E-state index in [1.807, 2.05) is 30.4 Å². The molecule has 1 unspecified atom stereocenters. The van der Waals surface area contributed by atoms with Crippen molar-refractivity contribution in [1.82, 2.24) is 0 Å². The summed E-state index contributed by atoms with van der Waals surface area (Å²) in [6.45, 7) is 2.09. The third-order valence-corrected chi connectivity index (χ3v) is 5.33. The molecule has 0 aromatic heterocycles. The Bertz CT molecular complexity index is 760. The summed E-state index contributed by atoms with van der Waals surface area (Å²) >= 11 is 6.31. The highest BCUT2D eigenvalue weighted by atomic mass is 35.5. The van der Waals surface area contributed by atoms with Gasteiger partial charge in [0.25, 0.3) is 0 Å². The van der Waals surface area contributed by atoms with Crippen molar-refractivity contribution in [2.45, 2.75) is 23.8 Å². The van der Waals surface area contributed by atoms with E-state index >= 15 is 0 Å². The maximum atomic E-state index is 6.31. The molecule has 0 radical (unpaired) electrons. The van der Waals surface area contributed by atoms with Crippen LogP contribution in [0.25, 0.3) is 0 Å². The van der Waals surface area contributed by atoms with Crippen molar-refractivity contribution in [3.05, 3.63) is 60.2 Å². The molecule has 5 heteroatoms. The summed E-state index contributed by atoms with van der Waals surface area (Å²) in [5.74, 6) is 0.993. The molecular formula is C20H22ClN3O. The van der Waals surface area contributed by atoms with Crippen LogP contribution in [0.4, 0.5) is 11.4 Å². The number of halogens is 1. The molecule has 2 aliphatic heterocycles. The molecule has 0 bridgehead atoms.